The first-order valence-corrected chi connectivity index (χ1v) is 6.30. The summed E-state index contributed by atoms with van der Waals surface area (Å²) in [6, 6.07) is 14.2. The Morgan fingerprint density at radius 3 is 2.79 bits per heavy atom. The Morgan fingerprint density at radius 2 is 1.95 bits per heavy atom. The highest BCUT2D eigenvalue weighted by Gasteiger charge is 2.09. The smallest absolute Gasteiger partial charge is 0.190 e. The molecular formula is C17H14N2. The summed E-state index contributed by atoms with van der Waals surface area (Å²) in [4.78, 5) is 6.92. The molecule has 0 aliphatic heterocycles. The highest BCUT2D eigenvalue weighted by Crippen LogP contribution is 2.28. The van der Waals surface area contributed by atoms with Gasteiger partial charge in [0.25, 0.3) is 0 Å². The van der Waals surface area contributed by atoms with Gasteiger partial charge >= 0.3 is 0 Å². The number of benzene rings is 2. The highest BCUT2D eigenvalue weighted by atomic mass is 14.7. The van der Waals surface area contributed by atoms with Gasteiger partial charge in [0, 0.05) is 17.1 Å². The Hall–Kier alpha value is -2.53. The third kappa shape index (κ3) is 2.00. The van der Waals surface area contributed by atoms with Crippen LogP contribution in [0.4, 0.5) is 5.69 Å². The van der Waals surface area contributed by atoms with Crippen LogP contribution in [-0.2, 0) is 6.42 Å². The monoisotopic (exact) mass is 246 g/mol. The zero-order valence-electron chi connectivity index (χ0n) is 10.8. The SMILES string of the molecule is [C-]#[N+]c1cccc(C)c1Cc1c[nH]c2ccccc12. The lowest BCUT2D eigenvalue weighted by Crippen LogP contribution is -1.91. The Morgan fingerprint density at radius 1 is 1.11 bits per heavy atom. The molecule has 1 aromatic heterocycles. The van der Waals surface area contributed by atoms with Crippen LogP contribution in [0.1, 0.15) is 16.7 Å². The zero-order valence-corrected chi connectivity index (χ0v) is 10.8. The van der Waals surface area contributed by atoms with Crippen molar-refractivity contribution in [3.8, 4) is 0 Å². The summed E-state index contributed by atoms with van der Waals surface area (Å²) in [5.41, 5.74) is 5.46. The van der Waals surface area contributed by atoms with Gasteiger partial charge in [-0.25, -0.2) is 4.85 Å². The summed E-state index contributed by atoms with van der Waals surface area (Å²) >= 11 is 0. The maximum absolute atomic E-state index is 7.29. The van der Waals surface area contributed by atoms with E-state index in [1.165, 1.54) is 16.5 Å². The molecule has 3 rings (SSSR count). The van der Waals surface area contributed by atoms with Crippen LogP contribution in [0.3, 0.4) is 0 Å². The molecule has 0 bridgehead atoms. The Balaban J connectivity index is 2.09. The van der Waals surface area contributed by atoms with Crippen molar-refractivity contribution in [2.45, 2.75) is 13.3 Å². The molecule has 2 aromatic carbocycles. The molecule has 0 radical (unpaired) electrons. The molecule has 1 heterocycles. The van der Waals surface area contributed by atoms with Crippen LogP contribution >= 0.6 is 0 Å². The topological polar surface area (TPSA) is 20.1 Å². The van der Waals surface area contributed by atoms with Gasteiger partial charge in [-0.15, -0.1) is 0 Å². The van der Waals surface area contributed by atoms with Crippen molar-refractivity contribution >= 4 is 16.6 Å². The van der Waals surface area contributed by atoms with Gasteiger partial charge in [0.1, 0.15) is 0 Å². The summed E-state index contributed by atoms with van der Waals surface area (Å²) < 4.78 is 0. The van der Waals surface area contributed by atoms with Gasteiger partial charge in [-0.2, -0.15) is 0 Å². The molecule has 19 heavy (non-hydrogen) atoms. The molecule has 0 fully saturated rings. The van der Waals surface area contributed by atoms with E-state index in [0.29, 0.717) is 0 Å². The number of para-hydroxylation sites is 1. The predicted molar refractivity (Wildman–Crippen MR) is 78.5 cm³/mol. The first-order valence-electron chi connectivity index (χ1n) is 6.30. The molecule has 0 spiro atoms. The van der Waals surface area contributed by atoms with E-state index in [0.717, 1.165) is 23.2 Å². The van der Waals surface area contributed by atoms with Gasteiger partial charge in [-0.1, -0.05) is 42.0 Å². The highest BCUT2D eigenvalue weighted by molar-refractivity contribution is 5.83. The molecular weight excluding hydrogens is 232 g/mol. The standard InChI is InChI=1S/C17H14N2/c1-12-6-5-9-16(18-2)15(12)10-13-11-19-17-8-4-3-7-14(13)17/h3-9,11,19H,10H2,1H3. The minimum absolute atomic E-state index is 0.755. The average molecular weight is 246 g/mol. The Kier molecular flexibility index (Phi) is 2.81. The van der Waals surface area contributed by atoms with Crippen LogP contribution in [0, 0.1) is 13.5 Å². The van der Waals surface area contributed by atoms with Crippen molar-refractivity contribution in [1.29, 1.82) is 0 Å². The molecule has 0 atom stereocenters. The van der Waals surface area contributed by atoms with Crippen molar-refractivity contribution in [1.82, 2.24) is 4.98 Å². The van der Waals surface area contributed by atoms with E-state index >= 15 is 0 Å². The van der Waals surface area contributed by atoms with Gasteiger partial charge in [-0.05, 0) is 30.5 Å². The number of fused-ring (bicyclic) bond motifs is 1. The minimum atomic E-state index is 0.755. The first kappa shape index (κ1) is 11.6. The van der Waals surface area contributed by atoms with Crippen molar-refractivity contribution in [3.63, 3.8) is 0 Å². The summed E-state index contributed by atoms with van der Waals surface area (Å²) in [7, 11) is 0. The van der Waals surface area contributed by atoms with E-state index < -0.39 is 0 Å². The summed E-state index contributed by atoms with van der Waals surface area (Å²) in [5, 5.41) is 1.24. The van der Waals surface area contributed by atoms with E-state index in [2.05, 4.69) is 35.0 Å². The lowest BCUT2D eigenvalue weighted by atomic mass is 9.98. The minimum Gasteiger partial charge on any atom is -0.361 e. The fraction of sp³-hybridized carbons (Fsp3) is 0.118. The molecule has 0 amide bonds. The van der Waals surface area contributed by atoms with Crippen LogP contribution in [0.2, 0.25) is 0 Å². The van der Waals surface area contributed by atoms with Crippen LogP contribution < -0.4 is 0 Å². The average Bonchev–Trinajstić information content (AvgIpc) is 2.84. The lowest BCUT2D eigenvalue weighted by Gasteiger charge is -2.07. The number of H-pyrrole nitrogens is 1. The second kappa shape index (κ2) is 4.62. The number of hydrogen-bond acceptors (Lipinski definition) is 0. The quantitative estimate of drug-likeness (QED) is 0.637. The maximum atomic E-state index is 7.29. The number of nitrogens with zero attached hydrogens (tertiary/aromatic N) is 1. The number of hydrogen-bond donors (Lipinski definition) is 1. The van der Waals surface area contributed by atoms with Crippen LogP contribution in [0.25, 0.3) is 15.7 Å². The fourth-order valence-corrected chi connectivity index (χ4v) is 2.49. The molecule has 0 saturated carbocycles. The van der Waals surface area contributed by atoms with Crippen molar-refractivity contribution in [2.24, 2.45) is 0 Å². The second-order valence-electron chi connectivity index (χ2n) is 4.72. The van der Waals surface area contributed by atoms with Gasteiger partial charge in [0.15, 0.2) is 5.69 Å². The Labute approximate surface area is 112 Å². The Bertz CT molecular complexity index is 775. The van der Waals surface area contributed by atoms with Crippen molar-refractivity contribution in [3.05, 3.63) is 76.8 Å². The van der Waals surface area contributed by atoms with E-state index in [1.807, 2.05) is 30.5 Å². The predicted octanol–water partition coefficient (Wildman–Crippen LogP) is 4.62. The van der Waals surface area contributed by atoms with Crippen LogP contribution in [0.15, 0.2) is 48.7 Å². The number of aromatic nitrogens is 1. The van der Waals surface area contributed by atoms with E-state index in [-0.39, 0.29) is 0 Å². The number of aromatic amines is 1. The number of rotatable bonds is 2. The molecule has 3 aromatic rings. The molecule has 2 nitrogen and oxygen atoms in total. The van der Waals surface area contributed by atoms with Crippen molar-refractivity contribution in [2.75, 3.05) is 0 Å². The number of nitrogens with one attached hydrogen (secondary N) is 1. The third-order valence-corrected chi connectivity index (χ3v) is 3.55. The molecule has 0 aliphatic carbocycles. The van der Waals surface area contributed by atoms with Crippen LogP contribution in [0.5, 0.6) is 0 Å². The lowest BCUT2D eigenvalue weighted by molar-refractivity contribution is 1.18. The van der Waals surface area contributed by atoms with Crippen LogP contribution in [-0.4, -0.2) is 4.98 Å². The van der Waals surface area contributed by atoms with Gasteiger partial charge < -0.3 is 4.98 Å². The van der Waals surface area contributed by atoms with E-state index in [4.69, 9.17) is 6.57 Å². The molecule has 0 saturated heterocycles. The fourth-order valence-electron chi connectivity index (χ4n) is 2.49. The normalized spacial score (nSPS) is 10.5. The van der Waals surface area contributed by atoms with Gasteiger partial charge in [-0.3, -0.25) is 0 Å². The zero-order chi connectivity index (χ0) is 13.2. The molecule has 0 unspecified atom stereocenters. The van der Waals surface area contributed by atoms with Gasteiger partial charge in [0.2, 0.25) is 0 Å². The molecule has 92 valence electrons. The summed E-state index contributed by atoms with van der Waals surface area (Å²) in [5.74, 6) is 0. The van der Waals surface area contributed by atoms with Gasteiger partial charge in [0.05, 0.1) is 6.57 Å². The largest absolute Gasteiger partial charge is 0.361 e. The molecule has 2 heteroatoms. The van der Waals surface area contributed by atoms with E-state index in [1.54, 1.807) is 0 Å². The number of aryl methyl sites for hydroxylation is 1. The molecule has 1 N–H and O–H groups in total. The second-order valence-corrected chi connectivity index (χ2v) is 4.72. The molecule has 0 aliphatic rings. The summed E-state index contributed by atoms with van der Waals surface area (Å²) in [6.45, 7) is 9.36. The first-order chi connectivity index (χ1) is 9.29. The van der Waals surface area contributed by atoms with E-state index in [9.17, 15) is 0 Å². The maximum Gasteiger partial charge on any atom is 0.190 e. The third-order valence-electron chi connectivity index (χ3n) is 3.55. The summed E-state index contributed by atoms with van der Waals surface area (Å²) in [6.07, 6.45) is 2.85. The van der Waals surface area contributed by atoms with Crippen molar-refractivity contribution < 1.29 is 0 Å².